The summed E-state index contributed by atoms with van der Waals surface area (Å²) in [7, 11) is 0. The van der Waals surface area contributed by atoms with Crippen LogP contribution >= 0.6 is 0 Å². The Bertz CT molecular complexity index is 461. The fraction of sp³-hybridized carbons (Fsp3) is 0.500. The Balaban J connectivity index is 2.27. The van der Waals surface area contributed by atoms with Crippen LogP contribution in [0.2, 0.25) is 0 Å². The largest absolute Gasteiger partial charge is 0.313 e. The van der Waals surface area contributed by atoms with Gasteiger partial charge in [-0.05, 0) is 38.8 Å². The van der Waals surface area contributed by atoms with E-state index < -0.39 is 4.92 Å². The number of hydrogen-bond donors (Lipinski definition) is 1. The summed E-state index contributed by atoms with van der Waals surface area (Å²) in [6.07, 6.45) is 1.80. The highest BCUT2D eigenvalue weighted by atomic mass is 16.6. The summed E-state index contributed by atoms with van der Waals surface area (Å²) in [5, 5.41) is 22.6. The van der Waals surface area contributed by atoms with Crippen molar-refractivity contribution in [2.45, 2.75) is 33.2 Å². The molecule has 1 aromatic rings. The molecule has 0 radical (unpaired) electrons. The molecule has 0 saturated heterocycles. The Hall–Kier alpha value is -1.93. The molecule has 1 N–H and O–H groups in total. The van der Waals surface area contributed by atoms with Crippen LogP contribution in [0.25, 0.3) is 0 Å². The van der Waals surface area contributed by atoms with Gasteiger partial charge in [-0.15, -0.1) is 0 Å². The van der Waals surface area contributed by atoms with Crippen LogP contribution in [-0.4, -0.2) is 11.5 Å². The maximum atomic E-state index is 10.5. The van der Waals surface area contributed by atoms with Crippen molar-refractivity contribution in [3.63, 3.8) is 0 Å². The molecule has 0 saturated carbocycles. The van der Waals surface area contributed by atoms with E-state index in [1.165, 1.54) is 12.1 Å². The van der Waals surface area contributed by atoms with E-state index in [1.807, 2.05) is 13.8 Å². The summed E-state index contributed by atoms with van der Waals surface area (Å²) < 4.78 is 0. The maximum absolute atomic E-state index is 10.5. The molecule has 5 nitrogen and oxygen atoms in total. The third-order valence-corrected chi connectivity index (χ3v) is 2.93. The van der Waals surface area contributed by atoms with Crippen molar-refractivity contribution in [2.75, 3.05) is 6.54 Å². The molecule has 0 heterocycles. The van der Waals surface area contributed by atoms with Crippen LogP contribution in [0.1, 0.15) is 32.3 Å². The quantitative estimate of drug-likeness (QED) is 0.465. The molecule has 102 valence electrons. The molecule has 0 aliphatic carbocycles. The Morgan fingerprint density at radius 1 is 1.37 bits per heavy atom. The van der Waals surface area contributed by atoms with Crippen LogP contribution in [0, 0.1) is 26.9 Å². The highest BCUT2D eigenvalue weighted by Gasteiger charge is 2.15. The zero-order valence-electron chi connectivity index (χ0n) is 11.3. The van der Waals surface area contributed by atoms with E-state index in [-0.39, 0.29) is 11.1 Å². The minimum Gasteiger partial charge on any atom is -0.313 e. The molecule has 0 aliphatic heterocycles. The molecule has 0 aliphatic rings. The first-order valence-electron chi connectivity index (χ1n) is 6.30. The summed E-state index contributed by atoms with van der Waals surface area (Å²) in [4.78, 5) is 10.1. The van der Waals surface area contributed by atoms with E-state index in [0.29, 0.717) is 6.54 Å². The smallest absolute Gasteiger partial charge is 0.269 e. The second-order valence-electron chi connectivity index (χ2n) is 5.20. The normalized spacial score (nSPS) is 11.0. The molecular weight excluding hydrogens is 242 g/mol. The zero-order chi connectivity index (χ0) is 14.3. The lowest BCUT2D eigenvalue weighted by atomic mass is 9.90. The van der Waals surface area contributed by atoms with Gasteiger partial charge in [-0.25, -0.2) is 0 Å². The van der Waals surface area contributed by atoms with Crippen molar-refractivity contribution in [2.24, 2.45) is 5.41 Å². The highest BCUT2D eigenvalue weighted by molar-refractivity contribution is 5.32. The number of non-ortho nitro benzene ring substituents is 1. The van der Waals surface area contributed by atoms with Gasteiger partial charge in [-0.3, -0.25) is 10.1 Å². The average molecular weight is 261 g/mol. The minimum atomic E-state index is -0.402. The summed E-state index contributed by atoms with van der Waals surface area (Å²) in [6, 6.07) is 8.80. The molecule has 0 aromatic heterocycles. The number of nitrogens with zero attached hydrogens (tertiary/aromatic N) is 2. The lowest BCUT2D eigenvalue weighted by molar-refractivity contribution is -0.384. The van der Waals surface area contributed by atoms with Gasteiger partial charge in [0.2, 0.25) is 0 Å². The molecule has 0 unspecified atom stereocenters. The topological polar surface area (TPSA) is 79.0 Å². The molecule has 1 aromatic carbocycles. The monoisotopic (exact) mass is 261 g/mol. The van der Waals surface area contributed by atoms with Gasteiger partial charge in [0.15, 0.2) is 0 Å². The number of nitrogens with one attached hydrogen (secondary N) is 1. The Labute approximate surface area is 113 Å². The molecule has 0 atom stereocenters. The Kier molecular flexibility index (Phi) is 5.46. The molecular formula is C14H19N3O2. The first-order chi connectivity index (χ1) is 8.94. The summed E-state index contributed by atoms with van der Waals surface area (Å²) in [5.41, 5.74) is 0.861. The van der Waals surface area contributed by atoms with Crippen LogP contribution in [0.3, 0.4) is 0 Å². The van der Waals surface area contributed by atoms with E-state index in [2.05, 4.69) is 11.4 Å². The van der Waals surface area contributed by atoms with Crippen LogP contribution in [0.5, 0.6) is 0 Å². The van der Waals surface area contributed by atoms with Crippen molar-refractivity contribution in [3.05, 3.63) is 39.9 Å². The number of hydrogen-bond acceptors (Lipinski definition) is 4. The SMILES string of the molecule is CC(C)(C#N)CCCNCc1ccc([N+](=O)[O-])cc1. The standard InChI is InChI=1S/C14H19N3O2/c1-14(2,11-15)8-3-9-16-10-12-4-6-13(7-5-12)17(18)19/h4-7,16H,3,8-10H2,1-2H3. The lowest BCUT2D eigenvalue weighted by Crippen LogP contribution is -2.17. The van der Waals surface area contributed by atoms with Crippen LogP contribution in [0.4, 0.5) is 5.69 Å². The van der Waals surface area contributed by atoms with Gasteiger partial charge < -0.3 is 5.32 Å². The predicted molar refractivity (Wildman–Crippen MR) is 73.4 cm³/mol. The average Bonchev–Trinajstić information content (AvgIpc) is 2.39. The number of nitriles is 1. The second-order valence-corrected chi connectivity index (χ2v) is 5.20. The molecule has 0 spiro atoms. The summed E-state index contributed by atoms with van der Waals surface area (Å²) in [5.74, 6) is 0. The molecule has 19 heavy (non-hydrogen) atoms. The third-order valence-electron chi connectivity index (χ3n) is 2.93. The van der Waals surface area contributed by atoms with Gasteiger partial charge in [-0.1, -0.05) is 12.1 Å². The lowest BCUT2D eigenvalue weighted by Gasteiger charge is -2.14. The van der Waals surface area contributed by atoms with Crippen molar-refractivity contribution in [1.82, 2.24) is 5.32 Å². The van der Waals surface area contributed by atoms with Gasteiger partial charge in [0.05, 0.1) is 16.4 Å². The van der Waals surface area contributed by atoms with E-state index in [9.17, 15) is 10.1 Å². The highest BCUT2D eigenvalue weighted by Crippen LogP contribution is 2.20. The third kappa shape index (κ3) is 5.49. The van der Waals surface area contributed by atoms with Gasteiger partial charge in [-0.2, -0.15) is 5.26 Å². The maximum Gasteiger partial charge on any atom is 0.269 e. The molecule has 0 fully saturated rings. The molecule has 0 bridgehead atoms. The van der Waals surface area contributed by atoms with E-state index in [0.717, 1.165) is 24.9 Å². The van der Waals surface area contributed by atoms with Crippen molar-refractivity contribution in [3.8, 4) is 6.07 Å². The van der Waals surface area contributed by atoms with Crippen molar-refractivity contribution < 1.29 is 4.92 Å². The van der Waals surface area contributed by atoms with E-state index >= 15 is 0 Å². The van der Waals surface area contributed by atoms with Crippen molar-refractivity contribution in [1.29, 1.82) is 5.26 Å². The van der Waals surface area contributed by atoms with Gasteiger partial charge in [0.25, 0.3) is 5.69 Å². The summed E-state index contributed by atoms with van der Waals surface area (Å²) >= 11 is 0. The molecule has 0 amide bonds. The molecule has 1 rings (SSSR count). The van der Waals surface area contributed by atoms with Crippen LogP contribution < -0.4 is 5.32 Å². The number of nitro groups is 1. The number of rotatable bonds is 7. The first-order valence-corrected chi connectivity index (χ1v) is 6.30. The van der Waals surface area contributed by atoms with Gasteiger partial charge in [0.1, 0.15) is 0 Å². The van der Waals surface area contributed by atoms with E-state index in [1.54, 1.807) is 12.1 Å². The second kappa shape index (κ2) is 6.86. The Morgan fingerprint density at radius 2 is 2.00 bits per heavy atom. The van der Waals surface area contributed by atoms with E-state index in [4.69, 9.17) is 5.26 Å². The van der Waals surface area contributed by atoms with Crippen molar-refractivity contribution >= 4 is 5.69 Å². The number of benzene rings is 1. The molecule has 5 heteroatoms. The Morgan fingerprint density at radius 3 is 2.53 bits per heavy atom. The number of nitro benzene ring substituents is 1. The van der Waals surface area contributed by atoms with Gasteiger partial charge >= 0.3 is 0 Å². The van der Waals surface area contributed by atoms with Crippen LogP contribution in [0.15, 0.2) is 24.3 Å². The van der Waals surface area contributed by atoms with Crippen LogP contribution in [-0.2, 0) is 6.54 Å². The first kappa shape index (κ1) is 15.1. The fourth-order valence-electron chi connectivity index (χ4n) is 1.68. The zero-order valence-corrected chi connectivity index (χ0v) is 11.3. The fourth-order valence-corrected chi connectivity index (χ4v) is 1.68. The predicted octanol–water partition coefficient (Wildman–Crippen LogP) is 3.01. The minimum absolute atomic E-state index is 0.111. The summed E-state index contributed by atoms with van der Waals surface area (Å²) in [6.45, 7) is 5.39. The van der Waals surface area contributed by atoms with Gasteiger partial charge in [0, 0.05) is 18.7 Å².